The molecule has 0 saturated carbocycles. The highest BCUT2D eigenvalue weighted by Gasteiger charge is 2.47. The smallest absolute Gasteiger partial charge is 0.329 e. The molecule has 0 aliphatic heterocycles. The molecule has 0 heterocycles. The lowest BCUT2D eigenvalue weighted by molar-refractivity contribution is -0.148. The number of esters is 2. The van der Waals surface area contributed by atoms with Crippen LogP contribution in [0.15, 0.2) is 36.1 Å². The predicted octanol–water partition coefficient (Wildman–Crippen LogP) is 5.53. The van der Waals surface area contributed by atoms with Gasteiger partial charge in [0.25, 0.3) is 0 Å². The van der Waals surface area contributed by atoms with E-state index in [2.05, 4.69) is 39.2 Å². The lowest BCUT2D eigenvalue weighted by atomic mass is 9.85. The zero-order valence-electron chi connectivity index (χ0n) is 21.9. The highest BCUT2D eigenvalue weighted by molar-refractivity contribution is 6.74. The number of carbonyl (C=O) groups is 2. The molecule has 8 heteroatoms. The summed E-state index contributed by atoms with van der Waals surface area (Å²) in [5.74, 6) is 0.343. The average Bonchev–Trinajstić information content (AvgIpc) is 3.12. The van der Waals surface area contributed by atoms with E-state index in [0.717, 1.165) is 17.2 Å². The number of nitrogens with one attached hydrogen (secondary N) is 1. The number of methoxy groups -OCH3 is 1. The second kappa shape index (κ2) is 11.8. The third-order valence-electron chi connectivity index (χ3n) is 6.68. The summed E-state index contributed by atoms with van der Waals surface area (Å²) in [6, 6.07) is 6.67. The molecule has 1 aliphatic carbocycles. The van der Waals surface area contributed by atoms with Crippen LogP contribution in [0.25, 0.3) is 0 Å². The van der Waals surface area contributed by atoms with Crippen molar-refractivity contribution in [1.82, 2.24) is 0 Å². The molecule has 0 spiro atoms. The van der Waals surface area contributed by atoms with Crippen molar-refractivity contribution in [2.75, 3.05) is 25.6 Å². The van der Waals surface area contributed by atoms with Crippen molar-refractivity contribution in [1.29, 1.82) is 0 Å². The summed E-state index contributed by atoms with van der Waals surface area (Å²) in [6.45, 7) is 15.1. The summed E-state index contributed by atoms with van der Waals surface area (Å²) < 4.78 is 22.7. The van der Waals surface area contributed by atoms with Crippen molar-refractivity contribution in [3.63, 3.8) is 0 Å². The molecule has 1 N–H and O–H groups in total. The maximum absolute atomic E-state index is 13.2. The van der Waals surface area contributed by atoms with Crippen molar-refractivity contribution >= 4 is 25.9 Å². The Kier molecular flexibility index (Phi) is 9.61. The molecule has 0 fully saturated rings. The van der Waals surface area contributed by atoms with Gasteiger partial charge in [0.2, 0.25) is 8.32 Å². The standard InChI is InChI=1S/C26H41NO6Si/c1-9-31-22(28)17-18-11-16-21(33-34(7,8)26(3,4)5)23(18)24(25(29)32-10-2)27-19-12-14-20(30-6)15-13-19/h12-16,18,23-24,27H,9-11,17H2,1-8H3/t18-,23-,24+/m1/s1. The Morgan fingerprint density at radius 3 is 2.24 bits per heavy atom. The van der Waals surface area contributed by atoms with E-state index in [-0.39, 0.29) is 41.8 Å². The van der Waals surface area contributed by atoms with Gasteiger partial charge in [-0.25, -0.2) is 4.79 Å². The maximum atomic E-state index is 13.2. The first-order chi connectivity index (χ1) is 15.9. The van der Waals surface area contributed by atoms with Crippen LogP contribution in [0.5, 0.6) is 5.75 Å². The summed E-state index contributed by atoms with van der Waals surface area (Å²) in [7, 11) is -0.572. The van der Waals surface area contributed by atoms with E-state index in [1.54, 1.807) is 21.0 Å². The van der Waals surface area contributed by atoms with E-state index >= 15 is 0 Å². The van der Waals surface area contributed by atoms with Crippen LogP contribution >= 0.6 is 0 Å². The van der Waals surface area contributed by atoms with Gasteiger partial charge in [0.05, 0.1) is 26.1 Å². The maximum Gasteiger partial charge on any atom is 0.329 e. The lowest BCUT2D eigenvalue weighted by Crippen LogP contribution is -2.46. The third kappa shape index (κ3) is 7.01. The van der Waals surface area contributed by atoms with E-state index in [1.165, 1.54) is 0 Å². The first-order valence-corrected chi connectivity index (χ1v) is 15.0. The number of anilines is 1. The van der Waals surface area contributed by atoms with Crippen LogP contribution in [0.4, 0.5) is 5.69 Å². The summed E-state index contributed by atoms with van der Waals surface area (Å²) >= 11 is 0. The first-order valence-electron chi connectivity index (χ1n) is 12.0. The molecule has 0 amide bonds. The van der Waals surface area contributed by atoms with E-state index in [9.17, 15) is 9.59 Å². The molecule has 2 rings (SSSR count). The molecule has 190 valence electrons. The minimum absolute atomic E-state index is 0.0134. The van der Waals surface area contributed by atoms with Gasteiger partial charge in [0, 0.05) is 18.0 Å². The molecule has 1 aliphatic rings. The quantitative estimate of drug-likeness (QED) is 0.322. The van der Waals surface area contributed by atoms with Crippen molar-refractivity contribution in [3.05, 3.63) is 36.1 Å². The van der Waals surface area contributed by atoms with Gasteiger partial charge in [0.15, 0.2) is 0 Å². The van der Waals surface area contributed by atoms with Gasteiger partial charge in [-0.3, -0.25) is 4.79 Å². The zero-order valence-corrected chi connectivity index (χ0v) is 22.9. The van der Waals surface area contributed by atoms with Gasteiger partial charge < -0.3 is 24.0 Å². The Hall–Kier alpha value is -2.48. The van der Waals surface area contributed by atoms with Crippen molar-refractivity contribution in [2.24, 2.45) is 11.8 Å². The number of carbonyl (C=O) groups excluding carboxylic acids is 2. The van der Waals surface area contributed by atoms with E-state index in [1.807, 2.05) is 30.3 Å². The van der Waals surface area contributed by atoms with Crippen LogP contribution in [0.1, 0.15) is 47.5 Å². The molecule has 0 bridgehead atoms. The summed E-state index contributed by atoms with van der Waals surface area (Å²) in [5, 5.41) is 3.35. The largest absolute Gasteiger partial charge is 0.546 e. The molecule has 0 radical (unpaired) electrons. The average molecular weight is 492 g/mol. The Bertz CT molecular complexity index is 859. The minimum Gasteiger partial charge on any atom is -0.546 e. The number of rotatable bonds is 11. The van der Waals surface area contributed by atoms with Crippen molar-refractivity contribution < 1.29 is 28.2 Å². The van der Waals surface area contributed by atoms with Crippen molar-refractivity contribution in [3.8, 4) is 5.75 Å². The molecular weight excluding hydrogens is 450 g/mol. The molecule has 0 unspecified atom stereocenters. The molecule has 3 atom stereocenters. The summed E-state index contributed by atoms with van der Waals surface area (Å²) in [6.07, 6.45) is 2.88. The third-order valence-corrected chi connectivity index (χ3v) is 11.0. The minimum atomic E-state index is -2.18. The topological polar surface area (TPSA) is 83.1 Å². The number of benzene rings is 1. The van der Waals surface area contributed by atoms with Gasteiger partial charge in [-0.05, 0) is 74.7 Å². The predicted molar refractivity (Wildman–Crippen MR) is 136 cm³/mol. The molecule has 1 aromatic rings. The molecule has 7 nitrogen and oxygen atoms in total. The first kappa shape index (κ1) is 27.8. The normalized spacial score (nSPS) is 19.1. The molecular formula is C26H41NO6Si. The van der Waals surface area contributed by atoms with Gasteiger partial charge in [-0.15, -0.1) is 0 Å². The second-order valence-corrected chi connectivity index (χ2v) is 14.8. The van der Waals surface area contributed by atoms with E-state index in [4.69, 9.17) is 18.6 Å². The fourth-order valence-electron chi connectivity index (χ4n) is 3.81. The van der Waals surface area contributed by atoms with Crippen molar-refractivity contribution in [2.45, 2.75) is 71.6 Å². The fourth-order valence-corrected chi connectivity index (χ4v) is 4.93. The Morgan fingerprint density at radius 1 is 1.09 bits per heavy atom. The van der Waals surface area contributed by atoms with E-state index < -0.39 is 14.4 Å². The van der Waals surface area contributed by atoms with Crippen LogP contribution < -0.4 is 10.1 Å². The highest BCUT2D eigenvalue weighted by Crippen LogP contribution is 2.45. The number of ether oxygens (including phenoxy) is 3. The van der Waals surface area contributed by atoms with E-state index in [0.29, 0.717) is 13.0 Å². The van der Waals surface area contributed by atoms with Crippen LogP contribution in [0.2, 0.25) is 18.1 Å². The Labute approximate surface area is 205 Å². The number of hydrogen-bond acceptors (Lipinski definition) is 7. The molecule has 1 aromatic carbocycles. The van der Waals surface area contributed by atoms with Gasteiger partial charge in [-0.1, -0.05) is 20.8 Å². The Balaban J connectivity index is 2.43. The molecule has 0 saturated heterocycles. The van der Waals surface area contributed by atoms with Crippen LogP contribution in [0, 0.1) is 11.8 Å². The number of allylic oxidation sites excluding steroid dienone is 1. The van der Waals surface area contributed by atoms with Crippen LogP contribution in [-0.4, -0.2) is 46.6 Å². The van der Waals surface area contributed by atoms with Gasteiger partial charge in [-0.2, -0.15) is 0 Å². The summed E-state index contributed by atoms with van der Waals surface area (Å²) in [5.41, 5.74) is 0.757. The zero-order chi connectivity index (χ0) is 25.5. The molecule has 34 heavy (non-hydrogen) atoms. The Morgan fingerprint density at radius 2 is 1.71 bits per heavy atom. The van der Waals surface area contributed by atoms with Crippen LogP contribution in [0.3, 0.4) is 0 Å². The fraction of sp³-hybridized carbons (Fsp3) is 0.615. The lowest BCUT2D eigenvalue weighted by Gasteiger charge is -2.40. The SMILES string of the molecule is CCOC(=O)C[C@H]1CC=C(O[Si](C)(C)C(C)(C)C)[C@@H]1[C@H](Nc1ccc(OC)cc1)C(=O)OCC. The monoisotopic (exact) mass is 491 g/mol. The van der Waals surface area contributed by atoms with Gasteiger partial charge in [0.1, 0.15) is 11.8 Å². The second-order valence-electron chi connectivity index (χ2n) is 10.1. The highest BCUT2D eigenvalue weighted by atomic mass is 28.4. The molecule has 0 aromatic heterocycles. The number of hydrogen-bond donors (Lipinski definition) is 1. The van der Waals surface area contributed by atoms with Crippen LogP contribution in [-0.2, 0) is 23.5 Å². The van der Waals surface area contributed by atoms with Gasteiger partial charge >= 0.3 is 11.9 Å². The summed E-state index contributed by atoms with van der Waals surface area (Å²) in [4.78, 5) is 25.6.